The molecule has 0 spiro atoms. The van der Waals surface area contributed by atoms with E-state index in [1.54, 1.807) is 24.3 Å². The zero-order valence-corrected chi connectivity index (χ0v) is 13.0. The number of hydrogen-bond acceptors (Lipinski definition) is 3. The Morgan fingerprint density at radius 2 is 1.83 bits per heavy atom. The normalized spacial score (nSPS) is 14.8. The van der Waals surface area contributed by atoms with Gasteiger partial charge in [0.25, 0.3) is 0 Å². The van der Waals surface area contributed by atoms with Gasteiger partial charge in [0.05, 0.1) is 5.92 Å². The van der Waals surface area contributed by atoms with Crippen LogP contribution in [0, 0.1) is 5.92 Å². The highest BCUT2D eigenvalue weighted by Crippen LogP contribution is 2.28. The minimum absolute atomic E-state index is 0.0621. The number of carboxylic acids is 1. The Hall–Kier alpha value is -2.37. The number of carbonyl (C=O) groups excluding carboxylic acids is 2. The summed E-state index contributed by atoms with van der Waals surface area (Å²) in [5.41, 5.74) is 0.664. The summed E-state index contributed by atoms with van der Waals surface area (Å²) >= 11 is 0. The van der Waals surface area contributed by atoms with Crippen LogP contribution in [0.5, 0.6) is 0 Å². The minimum Gasteiger partial charge on any atom is -0.481 e. The number of benzene rings is 1. The van der Waals surface area contributed by atoms with E-state index in [0.29, 0.717) is 18.5 Å². The molecule has 1 unspecified atom stereocenters. The first-order valence-corrected chi connectivity index (χ1v) is 7.90. The fourth-order valence-electron chi connectivity index (χ4n) is 2.29. The van der Waals surface area contributed by atoms with Crippen LogP contribution in [0.15, 0.2) is 30.3 Å². The van der Waals surface area contributed by atoms with Crippen molar-refractivity contribution < 1.29 is 19.5 Å². The Morgan fingerprint density at radius 1 is 1.13 bits per heavy atom. The summed E-state index contributed by atoms with van der Waals surface area (Å²) in [5, 5.41) is 14.7. The van der Waals surface area contributed by atoms with Crippen LogP contribution in [0.4, 0.5) is 0 Å². The van der Waals surface area contributed by atoms with Crippen LogP contribution in [0.2, 0.25) is 0 Å². The van der Waals surface area contributed by atoms with Gasteiger partial charge in [0, 0.05) is 25.4 Å². The molecule has 0 bridgehead atoms. The predicted molar refractivity (Wildman–Crippen MR) is 84.8 cm³/mol. The molecule has 0 saturated heterocycles. The number of carbonyl (C=O) groups is 3. The van der Waals surface area contributed by atoms with Gasteiger partial charge < -0.3 is 15.7 Å². The zero-order chi connectivity index (χ0) is 16.7. The maximum Gasteiger partial charge on any atom is 0.312 e. The van der Waals surface area contributed by atoms with Gasteiger partial charge >= 0.3 is 5.97 Å². The second-order valence-electron chi connectivity index (χ2n) is 5.77. The topological polar surface area (TPSA) is 95.5 Å². The number of amides is 2. The van der Waals surface area contributed by atoms with E-state index in [0.717, 1.165) is 12.8 Å². The van der Waals surface area contributed by atoms with Crippen molar-refractivity contribution in [1.82, 2.24) is 10.6 Å². The van der Waals surface area contributed by atoms with Crippen molar-refractivity contribution in [3.63, 3.8) is 0 Å². The molecule has 0 radical (unpaired) electrons. The molecule has 1 aromatic rings. The van der Waals surface area contributed by atoms with E-state index in [2.05, 4.69) is 10.6 Å². The Morgan fingerprint density at radius 3 is 2.43 bits per heavy atom. The van der Waals surface area contributed by atoms with Crippen molar-refractivity contribution in [2.75, 3.05) is 13.1 Å². The molecule has 2 amide bonds. The summed E-state index contributed by atoms with van der Waals surface area (Å²) in [5.74, 6) is -1.68. The summed E-state index contributed by atoms with van der Waals surface area (Å²) in [6, 6.07) is 8.83. The van der Waals surface area contributed by atoms with Crippen LogP contribution in [-0.4, -0.2) is 36.0 Å². The highest BCUT2D eigenvalue weighted by Gasteiger charge is 2.29. The lowest BCUT2D eigenvalue weighted by Gasteiger charge is -2.14. The summed E-state index contributed by atoms with van der Waals surface area (Å²) in [6.07, 6.45) is 2.74. The maximum absolute atomic E-state index is 11.8. The lowest BCUT2D eigenvalue weighted by molar-refractivity contribution is -0.138. The van der Waals surface area contributed by atoms with Gasteiger partial charge in [0.2, 0.25) is 11.8 Å². The van der Waals surface area contributed by atoms with Crippen molar-refractivity contribution >= 4 is 17.8 Å². The SMILES string of the molecule is O=C(CCCNC(=O)C1CC1)NCC(C(=O)O)c1ccccc1. The number of rotatable bonds is 9. The van der Waals surface area contributed by atoms with E-state index < -0.39 is 11.9 Å². The van der Waals surface area contributed by atoms with Crippen molar-refractivity contribution in [1.29, 1.82) is 0 Å². The summed E-state index contributed by atoms with van der Waals surface area (Å²) in [7, 11) is 0. The van der Waals surface area contributed by atoms with E-state index in [4.69, 9.17) is 0 Å². The molecule has 1 fully saturated rings. The molecule has 6 heteroatoms. The van der Waals surface area contributed by atoms with Crippen molar-refractivity contribution in [2.45, 2.75) is 31.6 Å². The van der Waals surface area contributed by atoms with E-state index >= 15 is 0 Å². The summed E-state index contributed by atoms with van der Waals surface area (Å²) in [4.78, 5) is 34.5. The fraction of sp³-hybridized carbons (Fsp3) is 0.471. The summed E-state index contributed by atoms with van der Waals surface area (Å²) < 4.78 is 0. The van der Waals surface area contributed by atoms with E-state index in [1.165, 1.54) is 0 Å². The second kappa shape index (κ2) is 8.31. The smallest absolute Gasteiger partial charge is 0.312 e. The molecule has 6 nitrogen and oxygen atoms in total. The first-order valence-electron chi connectivity index (χ1n) is 7.90. The van der Waals surface area contributed by atoms with Crippen molar-refractivity contribution in [3.05, 3.63) is 35.9 Å². The average Bonchev–Trinajstić information content (AvgIpc) is 3.37. The maximum atomic E-state index is 11.8. The number of hydrogen-bond donors (Lipinski definition) is 3. The lowest BCUT2D eigenvalue weighted by Crippen LogP contribution is -2.32. The third kappa shape index (κ3) is 5.73. The van der Waals surface area contributed by atoms with Gasteiger partial charge in [-0.05, 0) is 24.8 Å². The van der Waals surface area contributed by atoms with Crippen LogP contribution in [0.1, 0.15) is 37.2 Å². The third-order valence-electron chi connectivity index (χ3n) is 3.83. The van der Waals surface area contributed by atoms with E-state index in [9.17, 15) is 19.5 Å². The van der Waals surface area contributed by atoms with Gasteiger partial charge in [-0.15, -0.1) is 0 Å². The van der Waals surface area contributed by atoms with Gasteiger partial charge in [0.15, 0.2) is 0 Å². The molecule has 0 aromatic heterocycles. The van der Waals surface area contributed by atoms with Gasteiger partial charge in [0.1, 0.15) is 0 Å². The molecular weight excluding hydrogens is 296 g/mol. The van der Waals surface area contributed by atoms with Gasteiger partial charge in [-0.2, -0.15) is 0 Å². The Kier molecular flexibility index (Phi) is 6.14. The van der Waals surface area contributed by atoms with Gasteiger partial charge in [-0.3, -0.25) is 14.4 Å². The number of nitrogens with one attached hydrogen (secondary N) is 2. The highest BCUT2D eigenvalue weighted by atomic mass is 16.4. The predicted octanol–water partition coefficient (Wildman–Crippen LogP) is 1.28. The molecule has 1 atom stereocenters. The molecule has 2 rings (SSSR count). The molecule has 3 N–H and O–H groups in total. The molecular formula is C17H22N2O4. The van der Waals surface area contributed by atoms with Crippen LogP contribution in [0.25, 0.3) is 0 Å². The molecule has 1 aliphatic rings. The molecule has 124 valence electrons. The largest absolute Gasteiger partial charge is 0.481 e. The first-order chi connectivity index (χ1) is 11.1. The van der Waals surface area contributed by atoms with Crippen molar-refractivity contribution in [3.8, 4) is 0 Å². The highest BCUT2D eigenvalue weighted by molar-refractivity contribution is 5.81. The van der Waals surface area contributed by atoms with Crippen LogP contribution in [0.3, 0.4) is 0 Å². The lowest BCUT2D eigenvalue weighted by atomic mass is 9.99. The van der Waals surface area contributed by atoms with Gasteiger partial charge in [-0.25, -0.2) is 0 Å². The number of carboxylic acid groups (broad SMARTS) is 1. The third-order valence-corrected chi connectivity index (χ3v) is 3.83. The zero-order valence-electron chi connectivity index (χ0n) is 13.0. The average molecular weight is 318 g/mol. The fourth-order valence-corrected chi connectivity index (χ4v) is 2.29. The van der Waals surface area contributed by atoms with Crippen LogP contribution >= 0.6 is 0 Å². The Bertz CT molecular complexity index is 555. The summed E-state index contributed by atoms with van der Waals surface area (Å²) in [6.45, 7) is 0.538. The number of aliphatic carboxylic acids is 1. The molecule has 1 aromatic carbocycles. The van der Waals surface area contributed by atoms with Crippen molar-refractivity contribution in [2.24, 2.45) is 5.92 Å². The van der Waals surface area contributed by atoms with E-state index in [-0.39, 0.29) is 30.7 Å². The molecule has 1 saturated carbocycles. The standard InChI is InChI=1S/C17H22N2O4/c20-15(7-4-10-18-16(21)13-8-9-13)19-11-14(17(22)23)12-5-2-1-3-6-12/h1-3,5-6,13-14H,4,7-11H2,(H,18,21)(H,19,20)(H,22,23). The molecule has 0 aliphatic heterocycles. The molecule has 0 heterocycles. The van der Waals surface area contributed by atoms with Crippen LogP contribution < -0.4 is 10.6 Å². The first kappa shape index (κ1) is 17.0. The Labute approximate surface area is 135 Å². The molecule has 1 aliphatic carbocycles. The Balaban J connectivity index is 1.67. The monoisotopic (exact) mass is 318 g/mol. The molecule has 23 heavy (non-hydrogen) atoms. The second-order valence-corrected chi connectivity index (χ2v) is 5.77. The van der Waals surface area contributed by atoms with Crippen LogP contribution in [-0.2, 0) is 14.4 Å². The quantitative estimate of drug-likeness (QED) is 0.598. The minimum atomic E-state index is -0.965. The van der Waals surface area contributed by atoms with Gasteiger partial charge in [-0.1, -0.05) is 30.3 Å². The van der Waals surface area contributed by atoms with E-state index in [1.807, 2.05) is 6.07 Å².